The average Bonchev–Trinajstić information content (AvgIpc) is 2.90. The van der Waals surface area contributed by atoms with E-state index in [1.165, 1.54) is 11.3 Å². The van der Waals surface area contributed by atoms with E-state index in [9.17, 15) is 4.79 Å². The number of halogens is 1. The molecule has 1 aromatic rings. The van der Waals surface area contributed by atoms with Gasteiger partial charge in [-0.25, -0.2) is 0 Å². The lowest BCUT2D eigenvalue weighted by Gasteiger charge is -2.31. The summed E-state index contributed by atoms with van der Waals surface area (Å²) in [6.45, 7) is 2.17. The summed E-state index contributed by atoms with van der Waals surface area (Å²) >= 11 is 7.08. The van der Waals surface area contributed by atoms with Crippen molar-refractivity contribution >= 4 is 28.8 Å². The molecule has 0 unspecified atom stereocenters. The van der Waals surface area contributed by atoms with Gasteiger partial charge in [-0.05, 0) is 24.3 Å². The Hall–Kier alpha value is -0.580. The highest BCUT2D eigenvalue weighted by Crippen LogP contribution is 2.18. The molecule has 0 atom stereocenters. The van der Waals surface area contributed by atoms with Crippen molar-refractivity contribution in [1.82, 2.24) is 4.90 Å². The first-order valence-electron chi connectivity index (χ1n) is 5.81. The number of carbonyl (C=O) groups excluding carboxylic acids is 1. The van der Waals surface area contributed by atoms with Crippen molar-refractivity contribution in [3.05, 3.63) is 22.4 Å². The van der Waals surface area contributed by atoms with E-state index in [1.54, 1.807) is 0 Å². The van der Waals surface area contributed by atoms with Gasteiger partial charge in [0, 0.05) is 19.0 Å². The van der Waals surface area contributed by atoms with E-state index in [1.807, 2.05) is 22.4 Å². The third kappa shape index (κ3) is 3.44. The molecule has 1 aromatic heterocycles. The molecule has 94 valence electrons. The van der Waals surface area contributed by atoms with Crippen LogP contribution in [0.4, 0.5) is 0 Å². The van der Waals surface area contributed by atoms with Gasteiger partial charge in [-0.1, -0.05) is 6.07 Å². The number of hydrogen-bond acceptors (Lipinski definition) is 3. The van der Waals surface area contributed by atoms with Gasteiger partial charge in [0.1, 0.15) is 0 Å². The minimum absolute atomic E-state index is 0.149. The van der Waals surface area contributed by atoms with Crippen molar-refractivity contribution in [2.45, 2.75) is 18.9 Å². The largest absolute Gasteiger partial charge is 0.377 e. The van der Waals surface area contributed by atoms with Crippen molar-refractivity contribution < 1.29 is 9.53 Å². The molecule has 0 aliphatic carbocycles. The van der Waals surface area contributed by atoms with Crippen LogP contribution in [-0.4, -0.2) is 42.5 Å². The maximum Gasteiger partial charge on any atom is 0.263 e. The van der Waals surface area contributed by atoms with Gasteiger partial charge >= 0.3 is 0 Å². The molecule has 1 saturated heterocycles. The highest BCUT2D eigenvalue weighted by atomic mass is 35.5. The quantitative estimate of drug-likeness (QED) is 0.790. The van der Waals surface area contributed by atoms with Crippen molar-refractivity contribution in [2.24, 2.45) is 0 Å². The number of nitrogens with zero attached hydrogens (tertiary/aromatic N) is 1. The summed E-state index contributed by atoms with van der Waals surface area (Å²) < 4.78 is 5.58. The van der Waals surface area contributed by atoms with Crippen LogP contribution in [0.3, 0.4) is 0 Å². The fourth-order valence-electron chi connectivity index (χ4n) is 1.99. The lowest BCUT2D eigenvalue weighted by molar-refractivity contribution is 0.0155. The highest BCUT2D eigenvalue weighted by Gasteiger charge is 2.24. The number of hydrogen-bond donors (Lipinski definition) is 0. The molecule has 17 heavy (non-hydrogen) atoms. The van der Waals surface area contributed by atoms with E-state index in [2.05, 4.69) is 0 Å². The number of alkyl halides is 1. The maximum absolute atomic E-state index is 12.1. The maximum atomic E-state index is 12.1. The monoisotopic (exact) mass is 273 g/mol. The van der Waals surface area contributed by atoms with E-state index < -0.39 is 0 Å². The molecule has 1 amide bonds. The zero-order valence-electron chi connectivity index (χ0n) is 9.60. The Bertz CT molecular complexity index is 347. The first kappa shape index (κ1) is 12.9. The molecular formula is C12H16ClNO2S. The number of amides is 1. The van der Waals surface area contributed by atoms with Crippen LogP contribution in [0.1, 0.15) is 22.5 Å². The average molecular weight is 274 g/mol. The van der Waals surface area contributed by atoms with Crippen LogP contribution in [0.5, 0.6) is 0 Å². The van der Waals surface area contributed by atoms with Gasteiger partial charge in [-0.15, -0.1) is 22.9 Å². The zero-order valence-corrected chi connectivity index (χ0v) is 11.2. The van der Waals surface area contributed by atoms with Crippen LogP contribution < -0.4 is 0 Å². The van der Waals surface area contributed by atoms with E-state index >= 15 is 0 Å². The van der Waals surface area contributed by atoms with Crippen LogP contribution in [0, 0.1) is 0 Å². The second-order valence-electron chi connectivity index (χ2n) is 4.03. The minimum atomic E-state index is 0.149. The standard InChI is InChI=1S/C12H16ClNO2S/c13-5-8-16-10-3-6-14(7-4-10)12(15)11-2-1-9-17-11/h1-2,9-10H,3-8H2. The van der Waals surface area contributed by atoms with Gasteiger partial charge in [0.25, 0.3) is 5.91 Å². The van der Waals surface area contributed by atoms with Crippen LogP contribution in [0.2, 0.25) is 0 Å². The lowest BCUT2D eigenvalue weighted by atomic mass is 10.1. The summed E-state index contributed by atoms with van der Waals surface area (Å²) in [6, 6.07) is 3.79. The number of likely N-dealkylation sites (tertiary alicyclic amines) is 1. The Labute approximate surface area is 110 Å². The number of ether oxygens (including phenoxy) is 1. The number of thiophene rings is 1. The van der Waals surface area contributed by atoms with Gasteiger partial charge in [0.15, 0.2) is 0 Å². The molecule has 1 aliphatic heterocycles. The molecule has 0 radical (unpaired) electrons. The lowest BCUT2D eigenvalue weighted by Crippen LogP contribution is -2.40. The Morgan fingerprint density at radius 1 is 1.53 bits per heavy atom. The van der Waals surface area contributed by atoms with Gasteiger partial charge in [0.2, 0.25) is 0 Å². The van der Waals surface area contributed by atoms with Crippen LogP contribution in [0.25, 0.3) is 0 Å². The first-order valence-corrected chi connectivity index (χ1v) is 7.23. The van der Waals surface area contributed by atoms with Crippen molar-refractivity contribution in [1.29, 1.82) is 0 Å². The second-order valence-corrected chi connectivity index (χ2v) is 5.35. The van der Waals surface area contributed by atoms with E-state index in [0.29, 0.717) is 12.5 Å². The number of carbonyl (C=O) groups is 1. The molecule has 2 rings (SSSR count). The molecule has 2 heterocycles. The van der Waals surface area contributed by atoms with Crippen LogP contribution >= 0.6 is 22.9 Å². The highest BCUT2D eigenvalue weighted by molar-refractivity contribution is 7.12. The zero-order chi connectivity index (χ0) is 12.1. The topological polar surface area (TPSA) is 29.5 Å². The van der Waals surface area contributed by atoms with Crippen LogP contribution in [-0.2, 0) is 4.74 Å². The van der Waals surface area contributed by atoms with Gasteiger partial charge < -0.3 is 9.64 Å². The van der Waals surface area contributed by atoms with Gasteiger partial charge in [-0.3, -0.25) is 4.79 Å². The summed E-state index contributed by atoms with van der Waals surface area (Å²) in [7, 11) is 0. The van der Waals surface area contributed by atoms with Gasteiger partial charge in [-0.2, -0.15) is 0 Å². The molecule has 0 bridgehead atoms. The molecular weight excluding hydrogens is 258 g/mol. The molecule has 0 aromatic carbocycles. The Morgan fingerprint density at radius 2 is 2.29 bits per heavy atom. The Morgan fingerprint density at radius 3 is 2.88 bits per heavy atom. The third-order valence-corrected chi connectivity index (χ3v) is 3.90. The van der Waals surface area contributed by atoms with Gasteiger partial charge in [0.05, 0.1) is 17.6 Å². The summed E-state index contributed by atoms with van der Waals surface area (Å²) in [5, 5.41) is 1.93. The molecule has 0 spiro atoms. The predicted octanol–water partition coefficient (Wildman–Crippen LogP) is 2.61. The Kier molecular flexibility index (Phi) is 4.83. The smallest absolute Gasteiger partial charge is 0.263 e. The molecule has 0 saturated carbocycles. The Balaban J connectivity index is 1.81. The third-order valence-electron chi connectivity index (χ3n) is 2.89. The molecule has 1 fully saturated rings. The summed E-state index contributed by atoms with van der Waals surface area (Å²) in [5.41, 5.74) is 0. The number of piperidine rings is 1. The summed E-state index contributed by atoms with van der Waals surface area (Å²) in [6.07, 6.45) is 2.09. The number of rotatable bonds is 4. The van der Waals surface area contributed by atoms with Crippen molar-refractivity contribution in [3.8, 4) is 0 Å². The predicted molar refractivity (Wildman–Crippen MR) is 69.9 cm³/mol. The molecule has 3 nitrogen and oxygen atoms in total. The first-order chi connectivity index (χ1) is 8.31. The SMILES string of the molecule is O=C(c1cccs1)N1CCC(OCCCl)CC1. The van der Waals surface area contributed by atoms with E-state index in [-0.39, 0.29) is 12.0 Å². The summed E-state index contributed by atoms with van der Waals surface area (Å²) in [5.74, 6) is 0.685. The molecule has 1 aliphatic rings. The summed E-state index contributed by atoms with van der Waals surface area (Å²) in [4.78, 5) is 14.8. The fourth-order valence-corrected chi connectivity index (χ4v) is 2.77. The van der Waals surface area contributed by atoms with E-state index in [0.717, 1.165) is 30.8 Å². The molecule has 0 N–H and O–H groups in total. The van der Waals surface area contributed by atoms with Crippen molar-refractivity contribution in [2.75, 3.05) is 25.6 Å². The van der Waals surface area contributed by atoms with Crippen molar-refractivity contribution in [3.63, 3.8) is 0 Å². The van der Waals surface area contributed by atoms with Crippen LogP contribution in [0.15, 0.2) is 17.5 Å². The fraction of sp³-hybridized carbons (Fsp3) is 0.583. The minimum Gasteiger partial charge on any atom is -0.377 e. The van der Waals surface area contributed by atoms with E-state index in [4.69, 9.17) is 16.3 Å². The molecule has 5 heteroatoms. The second kappa shape index (κ2) is 6.38. The normalized spacial score (nSPS) is 17.4.